The summed E-state index contributed by atoms with van der Waals surface area (Å²) in [6, 6.07) is 11.8. The fraction of sp³-hybridized carbons (Fsp3) is 0.238. The molecule has 3 aromatic rings. The second-order valence-corrected chi connectivity index (χ2v) is 7.39. The number of aromatic nitrogens is 1. The number of nitrogens with zero attached hydrogens (tertiary/aromatic N) is 1. The molecule has 3 rings (SSSR count). The van der Waals surface area contributed by atoms with E-state index in [4.69, 9.17) is 4.42 Å². The number of oxazole rings is 1. The van der Waals surface area contributed by atoms with Gasteiger partial charge in [-0.05, 0) is 31.2 Å². The maximum absolute atomic E-state index is 13.8. The van der Waals surface area contributed by atoms with Crippen LogP contribution in [0.4, 0.5) is 8.78 Å². The Kier molecular flexibility index (Phi) is 6.81. The van der Waals surface area contributed by atoms with Crippen LogP contribution < -0.4 is 5.32 Å². The predicted molar refractivity (Wildman–Crippen MR) is 105 cm³/mol. The highest BCUT2D eigenvalue weighted by Gasteiger charge is 2.16. The fourth-order valence-corrected chi connectivity index (χ4v) is 3.35. The van der Waals surface area contributed by atoms with Gasteiger partial charge in [-0.15, -0.1) is 11.8 Å². The molecule has 0 fully saturated rings. The van der Waals surface area contributed by atoms with Crippen molar-refractivity contribution in [3.05, 3.63) is 71.8 Å². The minimum absolute atomic E-state index is 0.0144. The Labute approximate surface area is 166 Å². The number of aryl methyl sites for hydroxylation is 2. The quantitative estimate of drug-likeness (QED) is 0.436. The molecule has 7 heteroatoms. The van der Waals surface area contributed by atoms with Crippen molar-refractivity contribution in [3.63, 3.8) is 0 Å². The third-order valence-electron chi connectivity index (χ3n) is 4.04. The molecule has 1 heterocycles. The normalized spacial score (nSPS) is 10.8. The molecule has 1 N–H and O–H groups in total. The predicted octanol–water partition coefficient (Wildman–Crippen LogP) is 4.77. The van der Waals surface area contributed by atoms with Gasteiger partial charge in [-0.25, -0.2) is 13.8 Å². The van der Waals surface area contributed by atoms with Crippen LogP contribution in [0.15, 0.2) is 58.0 Å². The molecule has 0 bridgehead atoms. The van der Waals surface area contributed by atoms with Gasteiger partial charge in [0.25, 0.3) is 0 Å². The SMILES string of the molecule is Cc1ccc(SCCNC(=O)CCc2ncc(-c3c(F)cccc3F)o2)cc1. The summed E-state index contributed by atoms with van der Waals surface area (Å²) in [6.07, 6.45) is 1.72. The lowest BCUT2D eigenvalue weighted by atomic mass is 10.1. The Morgan fingerprint density at radius 2 is 1.86 bits per heavy atom. The first-order chi connectivity index (χ1) is 13.5. The number of rotatable bonds is 8. The minimum Gasteiger partial charge on any atom is -0.441 e. The summed E-state index contributed by atoms with van der Waals surface area (Å²) in [4.78, 5) is 17.1. The van der Waals surface area contributed by atoms with E-state index in [2.05, 4.69) is 34.6 Å². The van der Waals surface area contributed by atoms with E-state index in [9.17, 15) is 13.6 Å². The average Bonchev–Trinajstić information content (AvgIpc) is 3.13. The fourth-order valence-electron chi connectivity index (χ4n) is 2.58. The monoisotopic (exact) mass is 402 g/mol. The topological polar surface area (TPSA) is 55.1 Å². The average molecular weight is 402 g/mol. The van der Waals surface area contributed by atoms with Crippen molar-refractivity contribution in [1.29, 1.82) is 0 Å². The molecule has 2 aromatic carbocycles. The van der Waals surface area contributed by atoms with Crippen LogP contribution in [-0.2, 0) is 11.2 Å². The third-order valence-corrected chi connectivity index (χ3v) is 5.06. The second-order valence-electron chi connectivity index (χ2n) is 6.23. The Balaban J connectivity index is 1.42. The lowest BCUT2D eigenvalue weighted by Crippen LogP contribution is -2.25. The van der Waals surface area contributed by atoms with E-state index in [0.29, 0.717) is 6.54 Å². The van der Waals surface area contributed by atoms with E-state index in [1.807, 2.05) is 6.92 Å². The number of amides is 1. The first-order valence-corrected chi connectivity index (χ1v) is 9.87. The van der Waals surface area contributed by atoms with E-state index in [1.54, 1.807) is 11.8 Å². The van der Waals surface area contributed by atoms with Crippen LogP contribution in [0.1, 0.15) is 17.9 Å². The number of benzene rings is 2. The Bertz CT molecular complexity index is 922. The molecule has 28 heavy (non-hydrogen) atoms. The van der Waals surface area contributed by atoms with Crippen molar-refractivity contribution in [2.75, 3.05) is 12.3 Å². The standard InChI is InChI=1S/C21H20F2N2O2S/c1-14-5-7-15(8-6-14)28-12-11-24-19(26)9-10-20-25-13-18(27-20)21-16(22)3-2-4-17(21)23/h2-8,13H,9-12H2,1H3,(H,24,26). The van der Waals surface area contributed by atoms with Crippen molar-refractivity contribution in [3.8, 4) is 11.3 Å². The molecule has 0 unspecified atom stereocenters. The van der Waals surface area contributed by atoms with Crippen LogP contribution in [0.2, 0.25) is 0 Å². The highest BCUT2D eigenvalue weighted by Crippen LogP contribution is 2.26. The minimum atomic E-state index is -0.716. The summed E-state index contributed by atoms with van der Waals surface area (Å²) in [5.74, 6) is -0.508. The van der Waals surface area contributed by atoms with Gasteiger partial charge in [0.1, 0.15) is 11.6 Å². The molecular formula is C21H20F2N2O2S. The molecule has 0 spiro atoms. The molecule has 0 aliphatic carbocycles. The molecular weight excluding hydrogens is 382 g/mol. The van der Waals surface area contributed by atoms with Gasteiger partial charge in [0.15, 0.2) is 11.7 Å². The Morgan fingerprint density at radius 3 is 2.57 bits per heavy atom. The molecule has 0 radical (unpaired) electrons. The van der Waals surface area contributed by atoms with Crippen LogP contribution >= 0.6 is 11.8 Å². The number of carbonyl (C=O) groups excluding carboxylic acids is 1. The highest BCUT2D eigenvalue weighted by atomic mass is 32.2. The number of thioether (sulfide) groups is 1. The molecule has 0 atom stereocenters. The molecule has 4 nitrogen and oxygen atoms in total. The summed E-state index contributed by atoms with van der Waals surface area (Å²) in [7, 11) is 0. The zero-order valence-corrected chi connectivity index (χ0v) is 16.2. The van der Waals surface area contributed by atoms with Gasteiger partial charge in [0.05, 0.1) is 11.8 Å². The van der Waals surface area contributed by atoms with Crippen molar-refractivity contribution in [1.82, 2.24) is 10.3 Å². The number of hydrogen-bond acceptors (Lipinski definition) is 4. The lowest BCUT2D eigenvalue weighted by Gasteiger charge is -2.05. The van der Waals surface area contributed by atoms with Gasteiger partial charge in [-0.3, -0.25) is 4.79 Å². The van der Waals surface area contributed by atoms with Gasteiger partial charge in [-0.2, -0.15) is 0 Å². The summed E-state index contributed by atoms with van der Waals surface area (Å²) in [5.41, 5.74) is 0.962. The number of carbonyl (C=O) groups is 1. The van der Waals surface area contributed by atoms with Gasteiger partial charge in [0.2, 0.25) is 5.91 Å². The van der Waals surface area contributed by atoms with Crippen molar-refractivity contribution < 1.29 is 18.0 Å². The Hall–Kier alpha value is -2.67. The number of hydrogen-bond donors (Lipinski definition) is 1. The maximum Gasteiger partial charge on any atom is 0.220 e. The summed E-state index contributed by atoms with van der Waals surface area (Å²) < 4.78 is 33.0. The van der Waals surface area contributed by atoms with Crippen molar-refractivity contribution >= 4 is 17.7 Å². The van der Waals surface area contributed by atoms with E-state index >= 15 is 0 Å². The van der Waals surface area contributed by atoms with Gasteiger partial charge in [-0.1, -0.05) is 23.8 Å². The molecule has 0 aliphatic heterocycles. The van der Waals surface area contributed by atoms with E-state index in [-0.39, 0.29) is 36.0 Å². The van der Waals surface area contributed by atoms with Gasteiger partial charge < -0.3 is 9.73 Å². The molecule has 146 valence electrons. The zero-order chi connectivity index (χ0) is 19.9. The largest absolute Gasteiger partial charge is 0.441 e. The van der Waals surface area contributed by atoms with E-state index in [0.717, 1.165) is 22.8 Å². The lowest BCUT2D eigenvalue weighted by molar-refractivity contribution is -0.121. The van der Waals surface area contributed by atoms with E-state index in [1.165, 1.54) is 17.8 Å². The summed E-state index contributed by atoms with van der Waals surface area (Å²) >= 11 is 1.67. The third kappa shape index (κ3) is 5.42. The molecule has 0 aliphatic rings. The first kappa shape index (κ1) is 20.1. The van der Waals surface area contributed by atoms with Crippen LogP contribution in [0.25, 0.3) is 11.3 Å². The summed E-state index contributed by atoms with van der Waals surface area (Å²) in [5, 5.41) is 2.84. The van der Waals surface area contributed by atoms with Crippen LogP contribution in [0.5, 0.6) is 0 Å². The van der Waals surface area contributed by atoms with Crippen molar-refractivity contribution in [2.24, 2.45) is 0 Å². The molecule has 0 saturated heterocycles. The number of halogens is 2. The van der Waals surface area contributed by atoms with Crippen LogP contribution in [0, 0.1) is 18.6 Å². The Morgan fingerprint density at radius 1 is 1.14 bits per heavy atom. The smallest absolute Gasteiger partial charge is 0.220 e. The second kappa shape index (κ2) is 9.50. The van der Waals surface area contributed by atoms with Gasteiger partial charge >= 0.3 is 0 Å². The van der Waals surface area contributed by atoms with Gasteiger partial charge in [0, 0.05) is 30.0 Å². The van der Waals surface area contributed by atoms with E-state index < -0.39 is 11.6 Å². The highest BCUT2D eigenvalue weighted by molar-refractivity contribution is 7.99. The number of nitrogens with one attached hydrogen (secondary N) is 1. The molecule has 1 aromatic heterocycles. The molecule has 1 amide bonds. The summed E-state index contributed by atoms with van der Waals surface area (Å²) in [6.45, 7) is 2.59. The first-order valence-electron chi connectivity index (χ1n) is 8.88. The van der Waals surface area contributed by atoms with Crippen LogP contribution in [-0.4, -0.2) is 23.2 Å². The maximum atomic E-state index is 13.8. The van der Waals surface area contributed by atoms with Crippen molar-refractivity contribution in [2.45, 2.75) is 24.7 Å². The van der Waals surface area contributed by atoms with Crippen LogP contribution in [0.3, 0.4) is 0 Å². The zero-order valence-electron chi connectivity index (χ0n) is 15.4. The molecule has 0 saturated carbocycles.